The van der Waals surface area contributed by atoms with Crippen LogP contribution in [-0.2, 0) is 4.74 Å². The summed E-state index contributed by atoms with van der Waals surface area (Å²) in [6, 6.07) is 2.91. The van der Waals surface area contributed by atoms with Crippen LogP contribution in [0.4, 0.5) is 10.5 Å². The van der Waals surface area contributed by atoms with Crippen LogP contribution >= 0.6 is 0 Å². The maximum atomic E-state index is 11.6. The average Bonchev–Trinajstić information content (AvgIpc) is 2.89. The molecule has 9 heteroatoms. The van der Waals surface area contributed by atoms with Gasteiger partial charge in [-0.1, -0.05) is 0 Å². The number of hydrogen-bond acceptors (Lipinski definition) is 6. The SMILES string of the molecule is C[C@@H](CNC(=O)OC(C)(C)C)Oc1cc2[nH]ncc2cc1[N+](=O)[O-]. The molecule has 0 aliphatic carbocycles. The molecular formula is C15H20N4O5. The molecule has 1 heterocycles. The van der Waals surface area contributed by atoms with E-state index in [9.17, 15) is 14.9 Å². The van der Waals surface area contributed by atoms with E-state index in [-0.39, 0.29) is 18.0 Å². The van der Waals surface area contributed by atoms with Gasteiger partial charge in [0.1, 0.15) is 11.7 Å². The van der Waals surface area contributed by atoms with Crippen LogP contribution in [0.1, 0.15) is 27.7 Å². The Morgan fingerprint density at radius 3 is 2.79 bits per heavy atom. The number of rotatable bonds is 5. The second-order valence-corrected chi connectivity index (χ2v) is 6.35. The minimum atomic E-state index is -0.599. The van der Waals surface area contributed by atoms with Crippen molar-refractivity contribution in [3.05, 3.63) is 28.4 Å². The van der Waals surface area contributed by atoms with Gasteiger partial charge in [0.25, 0.3) is 0 Å². The van der Waals surface area contributed by atoms with Crippen LogP contribution in [0, 0.1) is 10.1 Å². The molecule has 24 heavy (non-hydrogen) atoms. The van der Waals surface area contributed by atoms with Crippen molar-refractivity contribution in [3.63, 3.8) is 0 Å². The number of carbonyl (C=O) groups is 1. The Morgan fingerprint density at radius 2 is 2.17 bits per heavy atom. The summed E-state index contributed by atoms with van der Waals surface area (Å²) in [5, 5.41) is 21.0. The first-order valence-electron chi connectivity index (χ1n) is 7.41. The number of benzene rings is 1. The molecule has 0 bridgehead atoms. The van der Waals surface area contributed by atoms with Crippen LogP contribution in [0.25, 0.3) is 10.9 Å². The van der Waals surface area contributed by atoms with E-state index >= 15 is 0 Å². The summed E-state index contributed by atoms with van der Waals surface area (Å²) in [5.41, 5.74) is -0.130. The Morgan fingerprint density at radius 1 is 1.46 bits per heavy atom. The molecule has 9 nitrogen and oxygen atoms in total. The largest absolute Gasteiger partial charge is 0.482 e. The molecule has 0 aliphatic heterocycles. The van der Waals surface area contributed by atoms with Crippen molar-refractivity contribution in [2.24, 2.45) is 0 Å². The summed E-state index contributed by atoms with van der Waals surface area (Å²) < 4.78 is 10.7. The van der Waals surface area contributed by atoms with Gasteiger partial charge in [-0.05, 0) is 27.7 Å². The standard InChI is InChI=1S/C15H20N4O5/c1-9(7-16-14(20)24-15(2,3)4)23-13-6-11-10(8-17-18-11)5-12(13)19(21)22/h5-6,8-9H,7H2,1-4H3,(H,16,20)(H,17,18)/t9-/m0/s1. The fraction of sp³-hybridized carbons (Fsp3) is 0.467. The predicted octanol–water partition coefficient (Wildman–Crippen LogP) is 2.76. The number of amides is 1. The fourth-order valence-electron chi connectivity index (χ4n) is 2.00. The topological polar surface area (TPSA) is 119 Å². The number of ether oxygens (including phenoxy) is 2. The molecule has 1 aromatic heterocycles. The zero-order chi connectivity index (χ0) is 17.9. The minimum Gasteiger partial charge on any atom is -0.482 e. The Balaban J connectivity index is 2.04. The summed E-state index contributed by atoms with van der Waals surface area (Å²) in [4.78, 5) is 22.3. The highest BCUT2D eigenvalue weighted by Gasteiger charge is 2.21. The molecule has 0 aliphatic rings. The van der Waals surface area contributed by atoms with E-state index in [2.05, 4.69) is 15.5 Å². The zero-order valence-corrected chi connectivity index (χ0v) is 14.0. The van der Waals surface area contributed by atoms with Gasteiger partial charge in [0.2, 0.25) is 0 Å². The van der Waals surface area contributed by atoms with E-state index in [1.54, 1.807) is 27.7 Å². The summed E-state index contributed by atoms with van der Waals surface area (Å²) >= 11 is 0. The van der Waals surface area contributed by atoms with Gasteiger partial charge in [-0.3, -0.25) is 15.2 Å². The second-order valence-electron chi connectivity index (χ2n) is 6.35. The lowest BCUT2D eigenvalue weighted by Gasteiger charge is -2.21. The van der Waals surface area contributed by atoms with Gasteiger partial charge in [0.05, 0.1) is 23.2 Å². The van der Waals surface area contributed by atoms with Gasteiger partial charge in [-0.25, -0.2) is 4.79 Å². The van der Waals surface area contributed by atoms with Crippen LogP contribution in [0.5, 0.6) is 5.75 Å². The molecule has 0 saturated carbocycles. The number of nitro groups is 1. The average molecular weight is 336 g/mol. The maximum Gasteiger partial charge on any atom is 0.407 e. The molecule has 2 N–H and O–H groups in total. The molecule has 0 saturated heterocycles. The van der Waals surface area contributed by atoms with Crippen LogP contribution < -0.4 is 10.1 Å². The second kappa shape index (κ2) is 6.73. The lowest BCUT2D eigenvalue weighted by Crippen LogP contribution is -2.37. The molecule has 130 valence electrons. The van der Waals surface area contributed by atoms with E-state index < -0.39 is 22.7 Å². The van der Waals surface area contributed by atoms with Crippen molar-refractivity contribution >= 4 is 22.7 Å². The number of hydrogen-bond donors (Lipinski definition) is 2. The van der Waals surface area contributed by atoms with E-state index in [1.807, 2.05) is 0 Å². The molecule has 1 aromatic carbocycles. The van der Waals surface area contributed by atoms with E-state index in [1.165, 1.54) is 18.3 Å². The molecule has 0 fully saturated rings. The number of fused-ring (bicyclic) bond motifs is 1. The Hall–Kier alpha value is -2.84. The Bertz CT molecular complexity index is 750. The third-order valence-corrected chi connectivity index (χ3v) is 2.98. The van der Waals surface area contributed by atoms with Gasteiger partial charge < -0.3 is 14.8 Å². The first-order valence-corrected chi connectivity index (χ1v) is 7.41. The number of nitrogens with one attached hydrogen (secondary N) is 2. The van der Waals surface area contributed by atoms with Crippen LogP contribution in [0.2, 0.25) is 0 Å². The lowest BCUT2D eigenvalue weighted by atomic mass is 10.2. The highest BCUT2D eigenvalue weighted by atomic mass is 16.6. The zero-order valence-electron chi connectivity index (χ0n) is 14.0. The number of H-pyrrole nitrogens is 1. The van der Waals surface area contributed by atoms with E-state index in [0.717, 1.165) is 0 Å². The predicted molar refractivity (Wildman–Crippen MR) is 87.1 cm³/mol. The van der Waals surface area contributed by atoms with E-state index in [0.29, 0.717) is 10.9 Å². The third-order valence-electron chi connectivity index (χ3n) is 2.98. The first kappa shape index (κ1) is 17.5. The van der Waals surface area contributed by atoms with Gasteiger partial charge in [-0.15, -0.1) is 0 Å². The van der Waals surface area contributed by atoms with Gasteiger partial charge in [-0.2, -0.15) is 5.10 Å². The van der Waals surface area contributed by atoms with Crippen molar-refractivity contribution in [2.45, 2.75) is 39.4 Å². The normalized spacial score (nSPS) is 12.7. The fourth-order valence-corrected chi connectivity index (χ4v) is 2.00. The van der Waals surface area contributed by atoms with Gasteiger partial charge in [0, 0.05) is 17.5 Å². The van der Waals surface area contributed by atoms with Crippen molar-refractivity contribution in [2.75, 3.05) is 6.54 Å². The molecule has 2 aromatic rings. The number of aromatic amines is 1. The number of aromatic nitrogens is 2. The lowest BCUT2D eigenvalue weighted by molar-refractivity contribution is -0.385. The van der Waals surface area contributed by atoms with Crippen molar-refractivity contribution in [3.8, 4) is 5.75 Å². The molecule has 0 radical (unpaired) electrons. The third kappa shape index (κ3) is 4.58. The first-order chi connectivity index (χ1) is 11.2. The summed E-state index contributed by atoms with van der Waals surface area (Å²) in [7, 11) is 0. The quantitative estimate of drug-likeness (QED) is 0.640. The number of carbonyl (C=O) groups excluding carboxylic acids is 1. The monoisotopic (exact) mass is 336 g/mol. The Labute approximate surface area is 138 Å². The van der Waals surface area contributed by atoms with Crippen molar-refractivity contribution in [1.82, 2.24) is 15.5 Å². The van der Waals surface area contributed by atoms with Crippen LogP contribution in [0.15, 0.2) is 18.3 Å². The molecular weight excluding hydrogens is 316 g/mol. The molecule has 0 spiro atoms. The van der Waals surface area contributed by atoms with Crippen LogP contribution in [0.3, 0.4) is 0 Å². The molecule has 1 amide bonds. The molecule has 1 atom stereocenters. The van der Waals surface area contributed by atoms with Crippen molar-refractivity contribution in [1.29, 1.82) is 0 Å². The summed E-state index contributed by atoms with van der Waals surface area (Å²) in [6.07, 6.45) is 0.438. The maximum absolute atomic E-state index is 11.6. The molecule has 2 rings (SSSR count). The number of nitrogens with zero attached hydrogens (tertiary/aromatic N) is 2. The van der Waals surface area contributed by atoms with Crippen molar-refractivity contribution < 1.29 is 19.2 Å². The van der Waals surface area contributed by atoms with E-state index in [4.69, 9.17) is 9.47 Å². The summed E-state index contributed by atoms with van der Waals surface area (Å²) in [6.45, 7) is 7.12. The molecule has 0 unspecified atom stereocenters. The van der Waals surface area contributed by atoms with Gasteiger partial charge >= 0.3 is 11.8 Å². The highest BCUT2D eigenvalue weighted by Crippen LogP contribution is 2.31. The smallest absolute Gasteiger partial charge is 0.407 e. The number of nitro benzene ring substituents is 1. The minimum absolute atomic E-state index is 0.107. The van der Waals surface area contributed by atoms with Gasteiger partial charge in [0.15, 0.2) is 5.75 Å². The summed E-state index contributed by atoms with van der Waals surface area (Å²) in [5.74, 6) is 0.107. The number of alkyl carbamates (subject to hydrolysis) is 1. The highest BCUT2D eigenvalue weighted by molar-refractivity contribution is 5.83. The Kier molecular flexibility index (Phi) is 4.91. The van der Waals surface area contributed by atoms with Crippen LogP contribution in [-0.4, -0.2) is 39.5 Å².